The van der Waals surface area contributed by atoms with Crippen LogP contribution < -0.4 is 5.32 Å². The van der Waals surface area contributed by atoms with Crippen molar-refractivity contribution in [2.24, 2.45) is 0 Å². The molecular weight excluding hydrogens is 290 g/mol. The topological polar surface area (TPSA) is 60.1 Å². The van der Waals surface area contributed by atoms with Crippen molar-refractivity contribution in [3.8, 4) is 0 Å². The van der Waals surface area contributed by atoms with E-state index in [-0.39, 0.29) is 11.7 Å². The molecule has 0 radical (unpaired) electrons. The maximum absolute atomic E-state index is 10.7. The average molecular weight is 308 g/mol. The molecule has 0 saturated carbocycles. The Kier molecular flexibility index (Phi) is 4.98. The van der Waals surface area contributed by atoms with E-state index in [9.17, 15) is 10.1 Å². The average Bonchev–Trinajstić information content (AvgIpc) is 2.89. The maximum Gasteiger partial charge on any atom is 0.270 e. The molecule has 0 bridgehead atoms. The van der Waals surface area contributed by atoms with Crippen LogP contribution >= 0.6 is 11.6 Å². The molecule has 0 aliphatic carbocycles. The van der Waals surface area contributed by atoms with Gasteiger partial charge in [0.15, 0.2) is 0 Å². The molecule has 0 spiro atoms. The summed E-state index contributed by atoms with van der Waals surface area (Å²) in [6, 6.07) is 8.88. The molecule has 0 amide bonds. The Bertz CT molecular complexity index is 640. The van der Waals surface area contributed by atoms with E-state index >= 15 is 0 Å². The number of nitrogens with one attached hydrogen (secondary N) is 1. The monoisotopic (exact) mass is 307 g/mol. The van der Waals surface area contributed by atoms with Crippen molar-refractivity contribution in [2.75, 3.05) is 6.54 Å². The fourth-order valence-corrected chi connectivity index (χ4v) is 2.57. The van der Waals surface area contributed by atoms with Gasteiger partial charge in [0.1, 0.15) is 0 Å². The molecule has 1 atom stereocenters. The Morgan fingerprint density at radius 3 is 2.81 bits per heavy atom. The summed E-state index contributed by atoms with van der Waals surface area (Å²) in [5.41, 5.74) is 2.03. The van der Waals surface area contributed by atoms with Gasteiger partial charge in [-0.3, -0.25) is 10.1 Å². The van der Waals surface area contributed by atoms with Gasteiger partial charge in [-0.25, -0.2) is 0 Å². The molecule has 0 aliphatic rings. The van der Waals surface area contributed by atoms with Crippen molar-refractivity contribution >= 4 is 17.3 Å². The van der Waals surface area contributed by atoms with Gasteiger partial charge in [0.2, 0.25) is 0 Å². The number of halogens is 1. The molecule has 6 heteroatoms. The fraction of sp³-hybridized carbons (Fsp3) is 0.333. The van der Waals surface area contributed by atoms with Gasteiger partial charge in [-0.1, -0.05) is 18.5 Å². The lowest BCUT2D eigenvalue weighted by Crippen LogP contribution is -2.20. The van der Waals surface area contributed by atoms with Crippen LogP contribution in [0.2, 0.25) is 5.02 Å². The molecule has 0 saturated heterocycles. The fourth-order valence-electron chi connectivity index (χ4n) is 2.34. The minimum absolute atomic E-state index is 0.0116. The second-order valence-electron chi connectivity index (χ2n) is 4.87. The summed E-state index contributed by atoms with van der Waals surface area (Å²) in [6.45, 7) is 5.66. The molecule has 1 aromatic carbocycles. The molecule has 1 unspecified atom stereocenters. The van der Waals surface area contributed by atoms with Crippen LogP contribution in [0, 0.1) is 10.1 Å². The van der Waals surface area contributed by atoms with Crippen LogP contribution in [-0.4, -0.2) is 16.0 Å². The van der Waals surface area contributed by atoms with Crippen LogP contribution in [0.15, 0.2) is 36.5 Å². The third-order valence-electron chi connectivity index (χ3n) is 3.41. The molecule has 2 aromatic rings. The molecule has 1 heterocycles. The van der Waals surface area contributed by atoms with E-state index in [2.05, 4.69) is 29.8 Å². The molecule has 21 heavy (non-hydrogen) atoms. The first-order valence-corrected chi connectivity index (χ1v) is 7.22. The van der Waals surface area contributed by atoms with Gasteiger partial charge < -0.3 is 9.88 Å². The Morgan fingerprint density at radius 2 is 2.19 bits per heavy atom. The van der Waals surface area contributed by atoms with E-state index in [4.69, 9.17) is 11.6 Å². The van der Waals surface area contributed by atoms with Crippen molar-refractivity contribution in [1.82, 2.24) is 9.88 Å². The van der Waals surface area contributed by atoms with Crippen molar-refractivity contribution in [1.29, 1.82) is 0 Å². The van der Waals surface area contributed by atoms with Crippen LogP contribution in [0.5, 0.6) is 0 Å². The van der Waals surface area contributed by atoms with Gasteiger partial charge in [-0.15, -0.1) is 0 Å². The number of hydrogen-bond acceptors (Lipinski definition) is 3. The Labute approximate surface area is 128 Å². The van der Waals surface area contributed by atoms with E-state index in [1.54, 1.807) is 6.07 Å². The Balaban J connectivity index is 2.23. The summed E-state index contributed by atoms with van der Waals surface area (Å²) < 4.78 is 2.10. The van der Waals surface area contributed by atoms with Gasteiger partial charge in [0.25, 0.3) is 5.69 Å². The molecule has 1 aromatic heterocycles. The van der Waals surface area contributed by atoms with E-state index in [1.165, 1.54) is 12.1 Å². The second-order valence-corrected chi connectivity index (χ2v) is 5.28. The largest absolute Gasteiger partial charge is 0.346 e. The standard InChI is InChI=1S/C15H18ClN3O2/c1-3-17-11(2)15-5-4-8-18(15)10-12-6-7-13(19(20)21)9-14(12)16/h4-9,11,17H,3,10H2,1-2H3. The number of rotatable bonds is 6. The van der Waals surface area contributed by atoms with Crippen LogP contribution in [0.25, 0.3) is 0 Å². The third-order valence-corrected chi connectivity index (χ3v) is 3.76. The van der Waals surface area contributed by atoms with E-state index < -0.39 is 4.92 Å². The van der Waals surface area contributed by atoms with Gasteiger partial charge in [0, 0.05) is 36.6 Å². The number of benzene rings is 1. The highest BCUT2D eigenvalue weighted by Crippen LogP contribution is 2.24. The number of nitro groups is 1. The summed E-state index contributed by atoms with van der Waals surface area (Å²) in [6.07, 6.45) is 1.99. The number of nitrogens with zero attached hydrogens (tertiary/aromatic N) is 2. The highest BCUT2D eigenvalue weighted by molar-refractivity contribution is 6.31. The Morgan fingerprint density at radius 1 is 1.43 bits per heavy atom. The zero-order chi connectivity index (χ0) is 15.4. The first-order valence-electron chi connectivity index (χ1n) is 6.84. The summed E-state index contributed by atoms with van der Waals surface area (Å²) in [5.74, 6) is 0. The Hall–Kier alpha value is -1.85. The minimum atomic E-state index is -0.440. The lowest BCUT2D eigenvalue weighted by atomic mass is 10.2. The van der Waals surface area contributed by atoms with Crippen LogP contribution in [0.4, 0.5) is 5.69 Å². The van der Waals surface area contributed by atoms with Crippen molar-refractivity contribution in [2.45, 2.75) is 26.4 Å². The quantitative estimate of drug-likeness (QED) is 0.653. The predicted octanol–water partition coefficient (Wildman–Crippen LogP) is 3.77. The van der Waals surface area contributed by atoms with Gasteiger partial charge >= 0.3 is 0 Å². The highest BCUT2D eigenvalue weighted by Gasteiger charge is 2.13. The summed E-state index contributed by atoms with van der Waals surface area (Å²) >= 11 is 6.15. The normalized spacial score (nSPS) is 12.3. The van der Waals surface area contributed by atoms with E-state index in [0.717, 1.165) is 17.8 Å². The van der Waals surface area contributed by atoms with E-state index in [1.807, 2.05) is 12.3 Å². The smallest absolute Gasteiger partial charge is 0.270 e. The second kappa shape index (κ2) is 6.74. The third kappa shape index (κ3) is 3.62. The number of hydrogen-bond donors (Lipinski definition) is 1. The number of non-ortho nitro benzene ring substituents is 1. The van der Waals surface area contributed by atoms with Gasteiger partial charge in [0.05, 0.1) is 9.95 Å². The highest BCUT2D eigenvalue weighted by atomic mass is 35.5. The number of aromatic nitrogens is 1. The summed E-state index contributed by atoms with van der Waals surface area (Å²) in [4.78, 5) is 10.3. The zero-order valence-electron chi connectivity index (χ0n) is 12.0. The minimum Gasteiger partial charge on any atom is -0.346 e. The SMILES string of the molecule is CCNC(C)c1cccn1Cc1ccc([N+](=O)[O-])cc1Cl. The molecule has 112 valence electrons. The number of nitro benzene ring substituents is 1. The molecule has 0 fully saturated rings. The predicted molar refractivity (Wildman–Crippen MR) is 83.7 cm³/mol. The van der Waals surface area contributed by atoms with Crippen LogP contribution in [-0.2, 0) is 6.54 Å². The zero-order valence-corrected chi connectivity index (χ0v) is 12.8. The molecule has 1 N–H and O–H groups in total. The molecular formula is C15H18ClN3O2. The first-order chi connectivity index (χ1) is 10.0. The summed E-state index contributed by atoms with van der Waals surface area (Å²) in [7, 11) is 0. The lowest BCUT2D eigenvalue weighted by molar-refractivity contribution is -0.384. The van der Waals surface area contributed by atoms with Crippen molar-refractivity contribution in [3.63, 3.8) is 0 Å². The molecule has 0 aliphatic heterocycles. The van der Waals surface area contributed by atoms with Gasteiger partial charge in [-0.05, 0) is 37.2 Å². The summed E-state index contributed by atoms with van der Waals surface area (Å²) in [5, 5.41) is 14.5. The van der Waals surface area contributed by atoms with Crippen LogP contribution in [0.1, 0.15) is 31.1 Å². The van der Waals surface area contributed by atoms with Gasteiger partial charge in [-0.2, -0.15) is 0 Å². The van der Waals surface area contributed by atoms with Crippen molar-refractivity contribution < 1.29 is 4.92 Å². The maximum atomic E-state index is 10.7. The first kappa shape index (κ1) is 15.5. The lowest BCUT2D eigenvalue weighted by Gasteiger charge is -2.16. The molecule has 2 rings (SSSR count). The van der Waals surface area contributed by atoms with Crippen LogP contribution in [0.3, 0.4) is 0 Å². The van der Waals surface area contributed by atoms with Crippen molar-refractivity contribution in [3.05, 3.63) is 62.9 Å². The van der Waals surface area contributed by atoms with E-state index in [0.29, 0.717) is 11.6 Å². The molecule has 5 nitrogen and oxygen atoms in total.